The highest BCUT2D eigenvalue weighted by molar-refractivity contribution is 5.91. The summed E-state index contributed by atoms with van der Waals surface area (Å²) >= 11 is 0. The highest BCUT2D eigenvalue weighted by Gasteiger charge is 2.08. The fraction of sp³-hybridized carbons (Fsp3) is 0.400. The molecule has 2 aromatic rings. The van der Waals surface area contributed by atoms with E-state index in [1.54, 1.807) is 0 Å². The third-order valence-electron chi connectivity index (χ3n) is 3.17. The highest BCUT2D eigenvalue weighted by Crippen LogP contribution is 2.26. The van der Waals surface area contributed by atoms with Crippen LogP contribution in [0.25, 0.3) is 10.9 Å². The zero-order chi connectivity index (χ0) is 13.0. The summed E-state index contributed by atoms with van der Waals surface area (Å²) in [4.78, 5) is 6.68. The van der Waals surface area contributed by atoms with Crippen LogP contribution < -0.4 is 4.90 Å². The van der Waals surface area contributed by atoms with Gasteiger partial charge in [-0.1, -0.05) is 31.5 Å². The average molecular weight is 244 g/mol. The third kappa shape index (κ3) is 2.62. The lowest BCUT2D eigenvalue weighted by molar-refractivity contribution is 0.277. The van der Waals surface area contributed by atoms with Crippen LogP contribution in [0.2, 0.25) is 0 Å². The average Bonchev–Trinajstić information content (AvgIpc) is 2.43. The lowest BCUT2D eigenvalue weighted by Gasteiger charge is -2.21. The topological polar surface area (TPSA) is 36.4 Å². The second-order valence-corrected chi connectivity index (χ2v) is 4.58. The fourth-order valence-electron chi connectivity index (χ4n) is 2.12. The minimum atomic E-state index is -0.0144. The van der Waals surface area contributed by atoms with Crippen molar-refractivity contribution in [3.8, 4) is 0 Å². The first-order valence-corrected chi connectivity index (χ1v) is 6.47. The van der Waals surface area contributed by atoms with E-state index in [4.69, 9.17) is 0 Å². The van der Waals surface area contributed by atoms with Crippen LogP contribution >= 0.6 is 0 Å². The summed E-state index contributed by atoms with van der Waals surface area (Å²) in [6.45, 7) is 3.20. The summed E-state index contributed by atoms with van der Waals surface area (Å²) < 4.78 is 0. The molecule has 0 aliphatic carbocycles. The lowest BCUT2D eigenvalue weighted by atomic mass is 10.1. The van der Waals surface area contributed by atoms with E-state index < -0.39 is 0 Å². The molecule has 96 valence electrons. The van der Waals surface area contributed by atoms with Gasteiger partial charge in [0.1, 0.15) is 0 Å². The number of hydrogen-bond acceptors (Lipinski definition) is 3. The van der Waals surface area contributed by atoms with Crippen molar-refractivity contribution in [2.45, 2.75) is 26.4 Å². The molecule has 3 nitrogen and oxygen atoms in total. The van der Waals surface area contributed by atoms with Crippen molar-refractivity contribution < 1.29 is 5.11 Å². The van der Waals surface area contributed by atoms with Gasteiger partial charge in [0.25, 0.3) is 0 Å². The van der Waals surface area contributed by atoms with Gasteiger partial charge in [-0.2, -0.15) is 0 Å². The number of unbranched alkanes of at least 4 members (excludes halogenated alkanes) is 1. The van der Waals surface area contributed by atoms with Gasteiger partial charge in [0, 0.05) is 24.7 Å². The molecule has 0 aliphatic rings. The molecule has 0 fully saturated rings. The van der Waals surface area contributed by atoms with Crippen molar-refractivity contribution in [2.75, 3.05) is 18.5 Å². The van der Waals surface area contributed by atoms with E-state index in [1.165, 1.54) is 12.8 Å². The molecule has 1 N–H and O–H groups in total. The molecule has 3 heteroatoms. The number of rotatable bonds is 5. The summed E-state index contributed by atoms with van der Waals surface area (Å²) in [5.74, 6) is 0. The van der Waals surface area contributed by atoms with Gasteiger partial charge in [0.2, 0.25) is 0 Å². The van der Waals surface area contributed by atoms with Crippen LogP contribution in [0.1, 0.15) is 25.5 Å². The molecule has 0 saturated carbocycles. The van der Waals surface area contributed by atoms with E-state index in [1.807, 2.05) is 24.3 Å². The van der Waals surface area contributed by atoms with E-state index in [9.17, 15) is 5.11 Å². The molecule has 18 heavy (non-hydrogen) atoms. The molecular formula is C15H20N2O. The number of pyridine rings is 1. The number of fused-ring (bicyclic) bond motifs is 1. The van der Waals surface area contributed by atoms with Gasteiger partial charge in [-0.15, -0.1) is 0 Å². The molecule has 0 atom stereocenters. The highest BCUT2D eigenvalue weighted by atomic mass is 16.3. The number of anilines is 1. The van der Waals surface area contributed by atoms with Gasteiger partial charge in [0.15, 0.2) is 0 Å². The molecule has 0 amide bonds. The Hall–Kier alpha value is -1.61. The number of para-hydroxylation sites is 1. The number of benzene rings is 1. The first-order chi connectivity index (χ1) is 8.76. The minimum absolute atomic E-state index is 0.0144. The van der Waals surface area contributed by atoms with Gasteiger partial charge in [-0.05, 0) is 18.6 Å². The molecule has 0 aliphatic heterocycles. The van der Waals surface area contributed by atoms with Gasteiger partial charge >= 0.3 is 0 Å². The number of aromatic nitrogens is 1. The Morgan fingerprint density at radius 1 is 1.28 bits per heavy atom. The molecule has 2 rings (SSSR count). The number of aliphatic hydroxyl groups is 1. The lowest BCUT2D eigenvalue weighted by Crippen LogP contribution is -2.19. The summed E-state index contributed by atoms with van der Waals surface area (Å²) in [7, 11) is 2.10. The molecule has 1 heterocycles. The van der Waals surface area contributed by atoms with Crippen LogP contribution in [0.3, 0.4) is 0 Å². The Labute approximate surface area is 108 Å². The first kappa shape index (κ1) is 12.8. The summed E-state index contributed by atoms with van der Waals surface area (Å²) in [5, 5.41) is 10.4. The van der Waals surface area contributed by atoms with E-state index in [0.717, 1.165) is 28.8 Å². The van der Waals surface area contributed by atoms with Gasteiger partial charge in [-0.3, -0.25) is 4.98 Å². The van der Waals surface area contributed by atoms with Crippen molar-refractivity contribution in [1.29, 1.82) is 0 Å². The summed E-state index contributed by atoms with van der Waals surface area (Å²) in [6.07, 6.45) is 2.35. The van der Waals surface area contributed by atoms with E-state index in [-0.39, 0.29) is 6.61 Å². The molecule has 1 aromatic heterocycles. The number of hydrogen-bond donors (Lipinski definition) is 1. The minimum Gasteiger partial charge on any atom is -0.390 e. The Morgan fingerprint density at radius 3 is 2.78 bits per heavy atom. The predicted molar refractivity (Wildman–Crippen MR) is 75.8 cm³/mol. The maximum Gasteiger partial charge on any atom is 0.0854 e. The van der Waals surface area contributed by atoms with Gasteiger partial charge in [0.05, 0.1) is 17.8 Å². The SMILES string of the molecule is CCCCN(C)c1cc(CO)nc2ccccc12. The van der Waals surface area contributed by atoms with Crippen LogP contribution in [-0.2, 0) is 6.61 Å². The smallest absolute Gasteiger partial charge is 0.0854 e. The van der Waals surface area contributed by atoms with E-state index >= 15 is 0 Å². The maximum absolute atomic E-state index is 9.30. The Morgan fingerprint density at radius 2 is 2.06 bits per heavy atom. The molecule has 1 aromatic carbocycles. The van der Waals surface area contributed by atoms with Crippen LogP contribution in [0.4, 0.5) is 5.69 Å². The van der Waals surface area contributed by atoms with Gasteiger partial charge in [-0.25, -0.2) is 0 Å². The molecule has 0 spiro atoms. The van der Waals surface area contributed by atoms with Crippen molar-refractivity contribution in [3.63, 3.8) is 0 Å². The number of nitrogens with zero attached hydrogens (tertiary/aromatic N) is 2. The second-order valence-electron chi connectivity index (χ2n) is 4.58. The zero-order valence-electron chi connectivity index (χ0n) is 11.1. The Kier molecular flexibility index (Phi) is 4.15. The second kappa shape index (κ2) is 5.83. The predicted octanol–water partition coefficient (Wildman–Crippen LogP) is 2.96. The quantitative estimate of drug-likeness (QED) is 0.878. The van der Waals surface area contributed by atoms with Crippen molar-refractivity contribution in [3.05, 3.63) is 36.0 Å². The normalized spacial score (nSPS) is 10.8. The first-order valence-electron chi connectivity index (χ1n) is 6.47. The zero-order valence-corrected chi connectivity index (χ0v) is 11.1. The fourth-order valence-corrected chi connectivity index (χ4v) is 2.12. The van der Waals surface area contributed by atoms with Gasteiger partial charge < -0.3 is 10.0 Å². The number of aliphatic hydroxyl groups excluding tert-OH is 1. The van der Waals surface area contributed by atoms with Crippen LogP contribution in [0.15, 0.2) is 30.3 Å². The molecule has 0 bridgehead atoms. The molecule has 0 radical (unpaired) electrons. The van der Waals surface area contributed by atoms with E-state index in [2.05, 4.69) is 29.9 Å². The van der Waals surface area contributed by atoms with Crippen molar-refractivity contribution in [2.24, 2.45) is 0 Å². The monoisotopic (exact) mass is 244 g/mol. The molecule has 0 saturated heterocycles. The maximum atomic E-state index is 9.30. The Balaban J connectivity index is 2.46. The molecule has 0 unspecified atom stereocenters. The van der Waals surface area contributed by atoms with Crippen molar-refractivity contribution in [1.82, 2.24) is 4.98 Å². The van der Waals surface area contributed by atoms with Crippen molar-refractivity contribution >= 4 is 16.6 Å². The van der Waals surface area contributed by atoms with Crippen LogP contribution in [-0.4, -0.2) is 23.7 Å². The van der Waals surface area contributed by atoms with Crippen LogP contribution in [0, 0.1) is 0 Å². The van der Waals surface area contributed by atoms with Crippen LogP contribution in [0.5, 0.6) is 0 Å². The molecular weight excluding hydrogens is 224 g/mol. The van der Waals surface area contributed by atoms with E-state index in [0.29, 0.717) is 0 Å². The summed E-state index contributed by atoms with van der Waals surface area (Å²) in [5.41, 5.74) is 2.83. The standard InChI is InChI=1S/C15H20N2O/c1-3-4-9-17(2)15-10-12(11-18)16-14-8-6-5-7-13(14)15/h5-8,10,18H,3-4,9,11H2,1-2H3. The largest absolute Gasteiger partial charge is 0.390 e. The third-order valence-corrected chi connectivity index (χ3v) is 3.17. The Bertz CT molecular complexity index is 525. The summed E-state index contributed by atoms with van der Waals surface area (Å²) in [6, 6.07) is 10.1.